The van der Waals surface area contributed by atoms with Crippen LogP contribution < -0.4 is 4.74 Å². The number of hydrogen-bond donors (Lipinski definition) is 2. The molecule has 0 saturated heterocycles. The lowest BCUT2D eigenvalue weighted by Crippen LogP contribution is -2.28. The Kier molecular flexibility index (Phi) is 6.99. The second-order valence-corrected chi connectivity index (χ2v) is 8.35. The fraction of sp³-hybridized carbons (Fsp3) is 0.739. The van der Waals surface area contributed by atoms with Gasteiger partial charge in [-0.15, -0.1) is 0 Å². The minimum atomic E-state index is -0.210. The molecular weight excluding hydrogens is 324 g/mol. The topological polar surface area (TPSA) is 49.7 Å². The number of aliphatic hydroxyl groups excluding tert-OH is 2. The normalized spacial score (nSPS) is 28.5. The highest BCUT2D eigenvalue weighted by Crippen LogP contribution is 2.48. The number of benzene rings is 1. The summed E-state index contributed by atoms with van der Waals surface area (Å²) in [6, 6.07) is 6.41. The molecule has 1 saturated carbocycles. The summed E-state index contributed by atoms with van der Waals surface area (Å²) >= 11 is 0. The molecule has 0 aliphatic heterocycles. The molecule has 2 aliphatic rings. The number of rotatable bonds is 9. The molecule has 1 fully saturated rings. The Labute approximate surface area is 158 Å². The molecule has 1 aromatic rings. The van der Waals surface area contributed by atoms with Crippen molar-refractivity contribution in [1.29, 1.82) is 0 Å². The minimum Gasteiger partial charge on any atom is -0.494 e. The Morgan fingerprint density at radius 1 is 1.15 bits per heavy atom. The van der Waals surface area contributed by atoms with Gasteiger partial charge in [0.05, 0.1) is 18.8 Å². The molecule has 0 bridgehead atoms. The SMILES string of the molecule is CCCCCC(O)CCC1C2Cc3cccc(OCC)c3CC2C[C@H]1O. The highest BCUT2D eigenvalue weighted by atomic mass is 16.5. The maximum atomic E-state index is 10.7. The van der Waals surface area contributed by atoms with Crippen LogP contribution in [0.5, 0.6) is 5.75 Å². The third kappa shape index (κ3) is 4.43. The van der Waals surface area contributed by atoms with E-state index in [2.05, 4.69) is 25.1 Å². The number of unbranched alkanes of at least 4 members (excludes halogenated alkanes) is 2. The van der Waals surface area contributed by atoms with Crippen LogP contribution in [0.25, 0.3) is 0 Å². The zero-order chi connectivity index (χ0) is 18.5. The van der Waals surface area contributed by atoms with Crippen LogP contribution in [0.3, 0.4) is 0 Å². The van der Waals surface area contributed by atoms with Gasteiger partial charge in [-0.2, -0.15) is 0 Å². The lowest BCUT2D eigenvalue weighted by atomic mass is 9.73. The monoisotopic (exact) mass is 360 g/mol. The molecule has 4 unspecified atom stereocenters. The van der Waals surface area contributed by atoms with Crippen LogP contribution in [0.2, 0.25) is 0 Å². The zero-order valence-corrected chi connectivity index (χ0v) is 16.5. The van der Waals surface area contributed by atoms with Crippen LogP contribution >= 0.6 is 0 Å². The number of aliphatic hydroxyl groups is 2. The molecule has 0 heterocycles. The van der Waals surface area contributed by atoms with Crippen LogP contribution in [-0.2, 0) is 12.8 Å². The van der Waals surface area contributed by atoms with Crippen molar-refractivity contribution in [2.45, 2.75) is 83.8 Å². The first-order chi connectivity index (χ1) is 12.6. The summed E-state index contributed by atoms with van der Waals surface area (Å²) in [6.45, 7) is 4.93. The molecule has 0 radical (unpaired) electrons. The largest absolute Gasteiger partial charge is 0.494 e. The third-order valence-corrected chi connectivity index (χ3v) is 6.62. The van der Waals surface area contributed by atoms with Gasteiger partial charge in [-0.25, -0.2) is 0 Å². The van der Waals surface area contributed by atoms with E-state index in [0.29, 0.717) is 24.4 Å². The molecule has 3 rings (SSSR count). The van der Waals surface area contributed by atoms with Crippen LogP contribution in [0.15, 0.2) is 18.2 Å². The maximum Gasteiger partial charge on any atom is 0.122 e. The van der Waals surface area contributed by atoms with Crippen molar-refractivity contribution in [2.24, 2.45) is 17.8 Å². The van der Waals surface area contributed by atoms with E-state index in [0.717, 1.165) is 50.7 Å². The summed E-state index contributed by atoms with van der Waals surface area (Å²) in [6.07, 6.45) is 8.78. The first kappa shape index (κ1) is 19.7. The average Bonchev–Trinajstić information content (AvgIpc) is 2.93. The quantitative estimate of drug-likeness (QED) is 0.637. The smallest absolute Gasteiger partial charge is 0.122 e. The van der Waals surface area contributed by atoms with Gasteiger partial charge in [-0.3, -0.25) is 0 Å². The molecule has 2 N–H and O–H groups in total. The van der Waals surface area contributed by atoms with E-state index in [1.165, 1.54) is 24.0 Å². The molecule has 3 heteroatoms. The molecule has 0 spiro atoms. The van der Waals surface area contributed by atoms with Gasteiger partial charge in [-0.05, 0) is 80.4 Å². The third-order valence-electron chi connectivity index (χ3n) is 6.62. The molecule has 0 aromatic heterocycles. The van der Waals surface area contributed by atoms with Crippen molar-refractivity contribution < 1.29 is 14.9 Å². The van der Waals surface area contributed by atoms with Gasteiger partial charge in [0.2, 0.25) is 0 Å². The predicted molar refractivity (Wildman–Crippen MR) is 105 cm³/mol. The fourth-order valence-electron chi connectivity index (χ4n) is 5.25. The van der Waals surface area contributed by atoms with Crippen molar-refractivity contribution in [3.63, 3.8) is 0 Å². The second-order valence-electron chi connectivity index (χ2n) is 8.35. The van der Waals surface area contributed by atoms with E-state index >= 15 is 0 Å². The summed E-state index contributed by atoms with van der Waals surface area (Å²) < 4.78 is 5.84. The first-order valence-electron chi connectivity index (χ1n) is 10.7. The molecule has 3 nitrogen and oxygen atoms in total. The van der Waals surface area contributed by atoms with Crippen molar-refractivity contribution >= 4 is 0 Å². The van der Waals surface area contributed by atoms with E-state index in [4.69, 9.17) is 4.74 Å². The molecule has 0 amide bonds. The Hall–Kier alpha value is -1.06. The molecule has 1 aromatic carbocycles. The van der Waals surface area contributed by atoms with Crippen molar-refractivity contribution in [2.75, 3.05) is 6.61 Å². The fourth-order valence-corrected chi connectivity index (χ4v) is 5.25. The lowest BCUT2D eigenvalue weighted by molar-refractivity contribution is 0.0869. The zero-order valence-electron chi connectivity index (χ0n) is 16.5. The van der Waals surface area contributed by atoms with Gasteiger partial charge < -0.3 is 14.9 Å². The minimum absolute atomic E-state index is 0.201. The van der Waals surface area contributed by atoms with Crippen LogP contribution in [-0.4, -0.2) is 29.0 Å². The summed E-state index contributed by atoms with van der Waals surface area (Å²) in [5, 5.41) is 21.0. The Balaban J connectivity index is 1.62. The predicted octanol–water partition coefficient (Wildman–Crippen LogP) is 4.52. The number of ether oxygens (including phenoxy) is 1. The van der Waals surface area contributed by atoms with Crippen LogP contribution in [0.4, 0.5) is 0 Å². The summed E-state index contributed by atoms with van der Waals surface area (Å²) in [5.74, 6) is 2.48. The molecule has 26 heavy (non-hydrogen) atoms. The number of hydrogen-bond acceptors (Lipinski definition) is 3. The van der Waals surface area contributed by atoms with Gasteiger partial charge in [0, 0.05) is 0 Å². The van der Waals surface area contributed by atoms with Crippen molar-refractivity contribution in [3.05, 3.63) is 29.3 Å². The molecule has 146 valence electrons. The van der Waals surface area contributed by atoms with Crippen LogP contribution in [0.1, 0.15) is 69.9 Å². The van der Waals surface area contributed by atoms with E-state index in [-0.39, 0.29) is 12.2 Å². The first-order valence-corrected chi connectivity index (χ1v) is 10.7. The molecule has 2 aliphatic carbocycles. The van der Waals surface area contributed by atoms with Crippen molar-refractivity contribution in [3.8, 4) is 5.75 Å². The van der Waals surface area contributed by atoms with Crippen LogP contribution in [0, 0.1) is 17.8 Å². The molecule has 5 atom stereocenters. The highest BCUT2D eigenvalue weighted by molar-refractivity contribution is 5.43. The van der Waals surface area contributed by atoms with Gasteiger partial charge >= 0.3 is 0 Å². The van der Waals surface area contributed by atoms with Gasteiger partial charge in [-0.1, -0.05) is 38.3 Å². The summed E-state index contributed by atoms with van der Waals surface area (Å²) in [4.78, 5) is 0. The number of fused-ring (bicyclic) bond motifs is 2. The Bertz CT molecular complexity index is 571. The maximum absolute atomic E-state index is 10.7. The Morgan fingerprint density at radius 2 is 2.00 bits per heavy atom. The van der Waals surface area contributed by atoms with Gasteiger partial charge in [0.15, 0.2) is 0 Å². The van der Waals surface area contributed by atoms with Gasteiger partial charge in [0.25, 0.3) is 0 Å². The Morgan fingerprint density at radius 3 is 2.77 bits per heavy atom. The summed E-state index contributed by atoms with van der Waals surface area (Å²) in [5.41, 5.74) is 2.77. The van der Waals surface area contributed by atoms with E-state index in [9.17, 15) is 10.2 Å². The van der Waals surface area contributed by atoms with Crippen molar-refractivity contribution in [1.82, 2.24) is 0 Å². The summed E-state index contributed by atoms with van der Waals surface area (Å²) in [7, 11) is 0. The average molecular weight is 361 g/mol. The molecular formula is C23H36O3. The second kappa shape index (κ2) is 9.23. The van der Waals surface area contributed by atoms with E-state index < -0.39 is 0 Å². The lowest BCUT2D eigenvalue weighted by Gasteiger charge is -2.32. The standard InChI is InChI=1S/C23H36O3/c1-3-5-6-9-18(24)11-12-19-20-13-16-8-7-10-23(26-4-2)21(16)14-17(20)15-22(19)25/h7-8,10,17-20,22,24-25H,3-6,9,11-15H2,1-2H3/t17?,18?,19?,20?,22-/m1/s1. The highest BCUT2D eigenvalue weighted by Gasteiger charge is 2.44. The van der Waals surface area contributed by atoms with Gasteiger partial charge in [0.1, 0.15) is 5.75 Å². The van der Waals surface area contributed by atoms with E-state index in [1.54, 1.807) is 0 Å². The van der Waals surface area contributed by atoms with E-state index in [1.807, 2.05) is 6.92 Å².